The molecule has 1 atom stereocenters. The van der Waals surface area contributed by atoms with Gasteiger partial charge in [0.1, 0.15) is 6.10 Å². The minimum absolute atomic E-state index is 0.0260. The van der Waals surface area contributed by atoms with Gasteiger partial charge in [0.2, 0.25) is 0 Å². The smallest absolute Gasteiger partial charge is 0.307 e. The molecular formula is C13H25NO3. The molecule has 1 aliphatic heterocycles. The first-order chi connectivity index (χ1) is 7.87. The van der Waals surface area contributed by atoms with Gasteiger partial charge < -0.3 is 15.2 Å². The molecule has 4 heteroatoms. The van der Waals surface area contributed by atoms with Crippen molar-refractivity contribution in [3.8, 4) is 0 Å². The number of hydrogen-bond donors (Lipinski definition) is 1. The number of nitrogens with two attached hydrogens (primary N) is 1. The van der Waals surface area contributed by atoms with Crippen molar-refractivity contribution in [1.29, 1.82) is 0 Å². The van der Waals surface area contributed by atoms with Crippen molar-refractivity contribution in [2.45, 2.75) is 58.6 Å². The molecule has 0 radical (unpaired) electrons. The maximum Gasteiger partial charge on any atom is 0.307 e. The van der Waals surface area contributed by atoms with Crippen LogP contribution in [-0.2, 0) is 14.3 Å². The number of rotatable bonds is 4. The van der Waals surface area contributed by atoms with Crippen LogP contribution >= 0.6 is 0 Å². The summed E-state index contributed by atoms with van der Waals surface area (Å²) < 4.78 is 10.6. The lowest BCUT2D eigenvalue weighted by atomic mass is 9.87. The monoisotopic (exact) mass is 243 g/mol. The van der Waals surface area contributed by atoms with Gasteiger partial charge in [-0.2, -0.15) is 0 Å². The molecule has 1 aliphatic rings. The van der Waals surface area contributed by atoms with Gasteiger partial charge in [-0.25, -0.2) is 0 Å². The maximum absolute atomic E-state index is 11.7. The highest BCUT2D eigenvalue weighted by Gasteiger charge is 2.22. The molecule has 0 spiro atoms. The summed E-state index contributed by atoms with van der Waals surface area (Å²) in [5.74, 6) is -0.173. The molecule has 2 N–H and O–H groups in total. The maximum atomic E-state index is 11.7. The SMILES string of the molecule is CC(C)(C)CC(N)CC(=O)OC1CCOCC1. The molecule has 0 aromatic carbocycles. The molecule has 0 amide bonds. The van der Waals surface area contributed by atoms with Crippen molar-refractivity contribution in [3.63, 3.8) is 0 Å². The molecular weight excluding hydrogens is 218 g/mol. The van der Waals surface area contributed by atoms with Crippen LogP contribution in [0, 0.1) is 5.41 Å². The van der Waals surface area contributed by atoms with Crippen LogP contribution in [0.15, 0.2) is 0 Å². The summed E-state index contributed by atoms with van der Waals surface area (Å²) in [6.07, 6.45) is 2.78. The Hall–Kier alpha value is -0.610. The zero-order valence-electron chi connectivity index (χ0n) is 11.2. The van der Waals surface area contributed by atoms with Crippen molar-refractivity contribution in [3.05, 3.63) is 0 Å². The molecule has 0 saturated carbocycles. The number of ether oxygens (including phenoxy) is 2. The van der Waals surface area contributed by atoms with Crippen LogP contribution in [0.1, 0.15) is 46.5 Å². The van der Waals surface area contributed by atoms with Gasteiger partial charge in [0.15, 0.2) is 0 Å². The highest BCUT2D eigenvalue weighted by molar-refractivity contribution is 5.70. The topological polar surface area (TPSA) is 61.6 Å². The molecule has 100 valence electrons. The summed E-state index contributed by atoms with van der Waals surface area (Å²) >= 11 is 0. The largest absolute Gasteiger partial charge is 0.462 e. The quantitative estimate of drug-likeness (QED) is 0.766. The Morgan fingerprint density at radius 3 is 2.53 bits per heavy atom. The number of hydrogen-bond acceptors (Lipinski definition) is 4. The van der Waals surface area contributed by atoms with E-state index in [1.165, 1.54) is 0 Å². The average Bonchev–Trinajstić information content (AvgIpc) is 2.15. The highest BCUT2D eigenvalue weighted by atomic mass is 16.6. The van der Waals surface area contributed by atoms with E-state index < -0.39 is 0 Å². The van der Waals surface area contributed by atoms with E-state index in [-0.39, 0.29) is 23.5 Å². The first-order valence-corrected chi connectivity index (χ1v) is 6.39. The van der Waals surface area contributed by atoms with Gasteiger partial charge in [-0.05, 0) is 11.8 Å². The second kappa shape index (κ2) is 6.36. The van der Waals surface area contributed by atoms with Gasteiger partial charge >= 0.3 is 5.97 Å². The van der Waals surface area contributed by atoms with E-state index in [1.807, 2.05) is 0 Å². The minimum Gasteiger partial charge on any atom is -0.462 e. The molecule has 0 aliphatic carbocycles. The fourth-order valence-corrected chi connectivity index (χ4v) is 2.10. The summed E-state index contributed by atoms with van der Waals surface area (Å²) in [4.78, 5) is 11.7. The number of carbonyl (C=O) groups is 1. The summed E-state index contributed by atoms with van der Waals surface area (Å²) in [5, 5.41) is 0. The van der Waals surface area contributed by atoms with Crippen LogP contribution in [0.2, 0.25) is 0 Å². The van der Waals surface area contributed by atoms with Crippen LogP contribution in [0.5, 0.6) is 0 Å². The molecule has 0 bridgehead atoms. The van der Waals surface area contributed by atoms with E-state index >= 15 is 0 Å². The molecule has 17 heavy (non-hydrogen) atoms. The second-order valence-electron chi connectivity index (χ2n) is 6.03. The fraction of sp³-hybridized carbons (Fsp3) is 0.923. The van der Waals surface area contributed by atoms with Crippen molar-refractivity contribution < 1.29 is 14.3 Å². The first kappa shape index (κ1) is 14.5. The van der Waals surface area contributed by atoms with Gasteiger partial charge in [0, 0.05) is 18.9 Å². The van der Waals surface area contributed by atoms with Crippen LogP contribution in [0.4, 0.5) is 0 Å². The normalized spacial score (nSPS) is 20.0. The molecule has 0 aromatic rings. The zero-order valence-corrected chi connectivity index (χ0v) is 11.2. The molecule has 4 nitrogen and oxygen atoms in total. The van der Waals surface area contributed by atoms with Crippen LogP contribution in [0.25, 0.3) is 0 Å². The third-order valence-electron chi connectivity index (χ3n) is 2.77. The lowest BCUT2D eigenvalue weighted by molar-refractivity contribution is -0.153. The number of carbonyl (C=O) groups excluding carboxylic acids is 1. The van der Waals surface area contributed by atoms with Gasteiger partial charge in [-0.1, -0.05) is 20.8 Å². The third-order valence-corrected chi connectivity index (χ3v) is 2.77. The van der Waals surface area contributed by atoms with Crippen molar-refractivity contribution >= 4 is 5.97 Å². The van der Waals surface area contributed by atoms with Crippen LogP contribution in [-0.4, -0.2) is 31.3 Å². The van der Waals surface area contributed by atoms with Gasteiger partial charge in [0.25, 0.3) is 0 Å². The van der Waals surface area contributed by atoms with E-state index in [0.29, 0.717) is 19.6 Å². The Labute approximate surface area is 104 Å². The minimum atomic E-state index is -0.173. The number of esters is 1. The molecule has 1 unspecified atom stereocenters. The molecule has 0 aromatic heterocycles. The summed E-state index contributed by atoms with van der Waals surface area (Å²) in [6.45, 7) is 7.74. The van der Waals surface area contributed by atoms with Crippen molar-refractivity contribution in [1.82, 2.24) is 0 Å². The van der Waals surface area contributed by atoms with E-state index in [9.17, 15) is 4.79 Å². The molecule has 1 rings (SSSR count). The predicted molar refractivity (Wildman–Crippen MR) is 66.6 cm³/mol. The van der Waals surface area contributed by atoms with Crippen LogP contribution < -0.4 is 5.73 Å². The standard InChI is InChI=1S/C13H25NO3/c1-13(2,3)9-10(14)8-12(15)17-11-4-6-16-7-5-11/h10-11H,4-9,14H2,1-3H3. The van der Waals surface area contributed by atoms with Gasteiger partial charge in [-0.3, -0.25) is 4.79 Å². The van der Waals surface area contributed by atoms with Gasteiger partial charge in [0.05, 0.1) is 19.6 Å². The Morgan fingerprint density at radius 2 is 2.00 bits per heavy atom. The Morgan fingerprint density at radius 1 is 1.41 bits per heavy atom. The summed E-state index contributed by atoms with van der Waals surface area (Å²) in [7, 11) is 0. The predicted octanol–water partition coefficient (Wildman–Crippen LogP) is 1.86. The molecule has 1 saturated heterocycles. The van der Waals surface area contributed by atoms with E-state index in [4.69, 9.17) is 15.2 Å². The summed E-state index contributed by atoms with van der Waals surface area (Å²) in [6, 6.07) is -0.109. The fourth-order valence-electron chi connectivity index (χ4n) is 2.10. The van der Waals surface area contributed by atoms with E-state index in [2.05, 4.69) is 20.8 Å². The molecule has 1 heterocycles. The lowest BCUT2D eigenvalue weighted by Crippen LogP contribution is -2.32. The van der Waals surface area contributed by atoms with Crippen molar-refractivity contribution in [2.75, 3.05) is 13.2 Å². The van der Waals surface area contributed by atoms with E-state index in [1.54, 1.807) is 0 Å². The van der Waals surface area contributed by atoms with Crippen molar-refractivity contribution in [2.24, 2.45) is 11.1 Å². The molecule has 1 fully saturated rings. The third kappa shape index (κ3) is 6.64. The lowest BCUT2D eigenvalue weighted by Gasteiger charge is -2.25. The summed E-state index contributed by atoms with van der Waals surface area (Å²) in [5.41, 5.74) is 6.09. The first-order valence-electron chi connectivity index (χ1n) is 6.39. The Bertz CT molecular complexity index is 242. The Kier molecular flexibility index (Phi) is 5.40. The highest BCUT2D eigenvalue weighted by Crippen LogP contribution is 2.21. The van der Waals surface area contributed by atoms with E-state index in [0.717, 1.165) is 19.3 Å². The van der Waals surface area contributed by atoms with Gasteiger partial charge in [-0.15, -0.1) is 0 Å². The van der Waals surface area contributed by atoms with Crippen LogP contribution in [0.3, 0.4) is 0 Å². The zero-order chi connectivity index (χ0) is 12.9. The second-order valence-corrected chi connectivity index (χ2v) is 6.03. The average molecular weight is 243 g/mol. The Balaban J connectivity index is 2.23.